The number of benzene rings is 2. The first-order valence-corrected chi connectivity index (χ1v) is 7.83. The molecule has 0 fully saturated rings. The zero-order valence-electron chi connectivity index (χ0n) is 10.8. The van der Waals surface area contributed by atoms with Gasteiger partial charge in [0.25, 0.3) is 0 Å². The second-order valence-electron chi connectivity index (χ2n) is 4.54. The van der Waals surface area contributed by atoms with Gasteiger partial charge in [0.1, 0.15) is 16.3 Å². The van der Waals surface area contributed by atoms with Gasteiger partial charge in [-0.15, -0.1) is 11.3 Å². The van der Waals surface area contributed by atoms with Crippen molar-refractivity contribution in [3.8, 4) is 16.3 Å². The van der Waals surface area contributed by atoms with Crippen molar-refractivity contribution in [2.24, 2.45) is 0 Å². The number of phenols is 1. The summed E-state index contributed by atoms with van der Waals surface area (Å²) >= 11 is 2.17. The fraction of sp³-hybridized carbons (Fsp3) is 0.0714. The lowest BCUT2D eigenvalue weighted by Gasteiger charge is -2.06. The minimum atomic E-state index is -1.75. The van der Waals surface area contributed by atoms with Gasteiger partial charge in [0.05, 0.1) is 13.8 Å². The molecule has 0 amide bonds. The Morgan fingerprint density at radius 1 is 1.05 bits per heavy atom. The number of fused-ring (bicyclic) bond motifs is 1. The third kappa shape index (κ3) is 2.16. The molecule has 0 spiro atoms. The van der Waals surface area contributed by atoms with E-state index in [9.17, 15) is 22.7 Å². The molecular weight excluding hydrogens is 433 g/mol. The number of rotatable bonds is 1. The van der Waals surface area contributed by atoms with E-state index in [1.54, 1.807) is 13.0 Å². The Morgan fingerprint density at radius 3 is 2.36 bits per heavy atom. The maximum Gasteiger partial charge on any atom is 0.196 e. The van der Waals surface area contributed by atoms with Crippen LogP contribution in [0.25, 0.3) is 20.8 Å². The van der Waals surface area contributed by atoms with Gasteiger partial charge >= 0.3 is 0 Å². The van der Waals surface area contributed by atoms with Crippen LogP contribution in [0, 0.1) is 33.8 Å². The molecule has 3 aromatic rings. The van der Waals surface area contributed by atoms with Crippen molar-refractivity contribution >= 4 is 44.1 Å². The van der Waals surface area contributed by atoms with Crippen molar-refractivity contribution in [2.45, 2.75) is 6.92 Å². The maximum atomic E-state index is 14.2. The first-order valence-electron chi connectivity index (χ1n) is 5.93. The summed E-state index contributed by atoms with van der Waals surface area (Å²) in [4.78, 5) is 3.97. The summed E-state index contributed by atoms with van der Waals surface area (Å²) in [6.07, 6.45) is 0. The lowest BCUT2D eigenvalue weighted by atomic mass is 10.2. The maximum absolute atomic E-state index is 14.2. The van der Waals surface area contributed by atoms with Gasteiger partial charge in [0, 0.05) is 0 Å². The first kappa shape index (κ1) is 15.5. The first-order chi connectivity index (χ1) is 10.3. The van der Waals surface area contributed by atoms with Crippen LogP contribution in [0.15, 0.2) is 12.1 Å². The van der Waals surface area contributed by atoms with Crippen LogP contribution in [0.1, 0.15) is 5.56 Å². The predicted octanol–water partition coefficient (Wildman–Crippen LogP) is 5.14. The smallest absolute Gasteiger partial charge is 0.196 e. The van der Waals surface area contributed by atoms with Crippen LogP contribution < -0.4 is 0 Å². The van der Waals surface area contributed by atoms with Gasteiger partial charge in [-0.2, -0.15) is 0 Å². The van der Waals surface area contributed by atoms with Crippen molar-refractivity contribution in [2.75, 3.05) is 0 Å². The summed E-state index contributed by atoms with van der Waals surface area (Å²) in [5, 5.41) is 9.61. The lowest BCUT2D eigenvalue weighted by Crippen LogP contribution is -2.02. The van der Waals surface area contributed by atoms with Crippen LogP contribution in [0.5, 0.6) is 5.75 Å². The van der Waals surface area contributed by atoms with E-state index in [1.807, 2.05) is 0 Å². The van der Waals surface area contributed by atoms with Crippen molar-refractivity contribution < 1.29 is 22.7 Å². The fourth-order valence-corrected chi connectivity index (χ4v) is 3.61. The minimum Gasteiger partial charge on any atom is -0.506 e. The highest BCUT2D eigenvalue weighted by Crippen LogP contribution is 2.40. The number of halogens is 5. The topological polar surface area (TPSA) is 33.1 Å². The van der Waals surface area contributed by atoms with Crippen LogP contribution in [0.4, 0.5) is 17.6 Å². The molecule has 1 N–H and O–H groups in total. The number of phenolic OH excluding ortho intramolecular Hbond substituents is 1. The van der Waals surface area contributed by atoms with E-state index in [-0.39, 0.29) is 16.3 Å². The Balaban J connectivity index is 2.38. The van der Waals surface area contributed by atoms with Gasteiger partial charge in [0.2, 0.25) is 0 Å². The van der Waals surface area contributed by atoms with E-state index in [0.29, 0.717) is 4.70 Å². The average Bonchev–Trinajstić information content (AvgIpc) is 2.93. The molecule has 0 saturated heterocycles. The summed E-state index contributed by atoms with van der Waals surface area (Å²) in [7, 11) is 0. The summed E-state index contributed by atoms with van der Waals surface area (Å²) in [6.45, 7) is 1.74. The van der Waals surface area contributed by atoms with Crippen LogP contribution in [-0.2, 0) is 0 Å². The van der Waals surface area contributed by atoms with Crippen LogP contribution >= 0.6 is 33.9 Å². The number of hydrogen-bond donors (Lipinski definition) is 1. The number of aryl methyl sites for hydroxylation is 1. The minimum absolute atomic E-state index is 0.152. The Bertz CT molecular complexity index is 857. The molecule has 0 saturated carbocycles. The van der Waals surface area contributed by atoms with Crippen LogP contribution in [-0.4, -0.2) is 10.1 Å². The molecule has 2 aromatic carbocycles. The molecule has 1 aromatic heterocycles. The van der Waals surface area contributed by atoms with Gasteiger partial charge in [0.15, 0.2) is 23.3 Å². The summed E-state index contributed by atoms with van der Waals surface area (Å²) in [5.41, 5.74) is 0.177. The highest BCUT2D eigenvalue weighted by atomic mass is 127. The summed E-state index contributed by atoms with van der Waals surface area (Å²) < 4.78 is 54.9. The summed E-state index contributed by atoms with van der Waals surface area (Å²) in [6, 6.07) is 3.03. The molecule has 0 aliphatic rings. The molecule has 2 nitrogen and oxygen atoms in total. The fourth-order valence-electron chi connectivity index (χ4n) is 2.02. The number of hydrogen-bond acceptors (Lipinski definition) is 3. The van der Waals surface area contributed by atoms with Crippen molar-refractivity contribution in [3.63, 3.8) is 0 Å². The molecule has 0 aliphatic heterocycles. The molecule has 0 radical (unpaired) electrons. The average molecular weight is 439 g/mol. The van der Waals surface area contributed by atoms with E-state index in [1.165, 1.54) is 28.7 Å². The highest BCUT2D eigenvalue weighted by Gasteiger charge is 2.27. The van der Waals surface area contributed by atoms with E-state index in [2.05, 4.69) is 4.98 Å². The van der Waals surface area contributed by atoms with Gasteiger partial charge in [-0.05, 0) is 41.1 Å². The lowest BCUT2D eigenvalue weighted by molar-refractivity contribution is 0.432. The number of nitrogens with zero attached hydrogens (tertiary/aromatic N) is 1. The number of aromatic hydroxyl groups is 1. The zero-order valence-corrected chi connectivity index (χ0v) is 13.8. The monoisotopic (exact) mass is 439 g/mol. The zero-order chi connectivity index (χ0) is 16.2. The third-order valence-corrected chi connectivity index (χ3v) is 5.30. The van der Waals surface area contributed by atoms with Crippen molar-refractivity contribution in [3.05, 3.63) is 44.5 Å². The third-order valence-electron chi connectivity index (χ3n) is 3.14. The molecule has 3 rings (SSSR count). The van der Waals surface area contributed by atoms with Crippen LogP contribution in [0.2, 0.25) is 0 Å². The predicted molar refractivity (Wildman–Crippen MR) is 84.0 cm³/mol. The second kappa shape index (κ2) is 5.34. The van der Waals surface area contributed by atoms with E-state index in [0.717, 1.165) is 16.9 Å². The van der Waals surface area contributed by atoms with Gasteiger partial charge in [-0.1, -0.05) is 6.07 Å². The highest BCUT2D eigenvalue weighted by molar-refractivity contribution is 14.1. The molecule has 22 heavy (non-hydrogen) atoms. The number of thiazole rings is 1. The standard InChI is InChI=1S/C14H6F4INOS/c1-4-2-3-5(21)12-13(4)22-14(20-12)6-7(15)9(17)10(18)11(19)8(6)16/h2-3,21H,1H3. The van der Waals surface area contributed by atoms with Crippen LogP contribution in [0.3, 0.4) is 0 Å². The Labute approximate surface area is 139 Å². The molecule has 1 heterocycles. The van der Waals surface area contributed by atoms with Crippen molar-refractivity contribution in [1.82, 2.24) is 4.98 Å². The quantitative estimate of drug-likeness (QED) is 0.247. The largest absolute Gasteiger partial charge is 0.506 e. The molecule has 114 valence electrons. The summed E-state index contributed by atoms with van der Waals surface area (Å²) in [5.74, 6) is -6.32. The Kier molecular flexibility index (Phi) is 3.76. The molecular formula is C14H6F4INOS. The van der Waals surface area contributed by atoms with Gasteiger partial charge in [-0.25, -0.2) is 22.5 Å². The van der Waals surface area contributed by atoms with E-state index in [4.69, 9.17) is 0 Å². The van der Waals surface area contributed by atoms with Gasteiger partial charge < -0.3 is 5.11 Å². The molecule has 0 atom stereocenters. The normalized spacial score (nSPS) is 11.4. The molecule has 0 bridgehead atoms. The van der Waals surface area contributed by atoms with E-state index >= 15 is 0 Å². The second-order valence-corrected chi connectivity index (χ2v) is 6.62. The molecule has 0 aliphatic carbocycles. The van der Waals surface area contributed by atoms with Crippen molar-refractivity contribution in [1.29, 1.82) is 0 Å². The molecule has 0 unspecified atom stereocenters. The molecule has 8 heteroatoms. The Hall–Kier alpha value is -1.42. The Morgan fingerprint density at radius 2 is 1.73 bits per heavy atom. The van der Waals surface area contributed by atoms with Gasteiger partial charge in [-0.3, -0.25) is 0 Å². The van der Waals surface area contributed by atoms with E-state index < -0.39 is 32.4 Å². The SMILES string of the molecule is Cc1ccc(O)c2nc(-c3c(F)c(F)c(F)c(I)c3F)sc12. The number of aromatic nitrogens is 1.